The number of phenolic OH excluding ortho intramolecular Hbond substituents is 2. The van der Waals surface area contributed by atoms with Crippen molar-refractivity contribution < 1.29 is 15.0 Å². The van der Waals surface area contributed by atoms with Gasteiger partial charge in [0, 0.05) is 11.6 Å². The first-order chi connectivity index (χ1) is 13.5. The molecule has 0 saturated heterocycles. The van der Waals surface area contributed by atoms with Crippen LogP contribution in [0.25, 0.3) is 0 Å². The fraction of sp³-hybridized carbons (Fsp3) is 0.136. The standard InChI is InChI=1S/C22H17ClN2O3/c23-14-10-11(8-9-16(14)26)18-13-5-3-7-17(27)20(13)25-21-12-4-1-2-6-15(12)24-22(28)19(18)21/h1-10,18-19,21,25-27H,(H,24,28)/t18-,19+,21-/m0/s1. The number of rotatable bonds is 1. The Morgan fingerprint density at radius 1 is 0.893 bits per heavy atom. The number of nitrogens with one attached hydrogen (secondary N) is 2. The number of amides is 1. The molecule has 3 atom stereocenters. The van der Waals surface area contributed by atoms with E-state index in [1.165, 1.54) is 6.07 Å². The molecule has 1 amide bonds. The summed E-state index contributed by atoms with van der Waals surface area (Å²) >= 11 is 6.17. The summed E-state index contributed by atoms with van der Waals surface area (Å²) < 4.78 is 0. The number of halogens is 1. The molecule has 140 valence electrons. The van der Waals surface area contributed by atoms with Crippen LogP contribution in [0.3, 0.4) is 0 Å². The van der Waals surface area contributed by atoms with E-state index >= 15 is 0 Å². The van der Waals surface area contributed by atoms with Crippen molar-refractivity contribution in [3.8, 4) is 11.5 Å². The zero-order chi connectivity index (χ0) is 19.4. The van der Waals surface area contributed by atoms with E-state index in [0.29, 0.717) is 5.69 Å². The highest BCUT2D eigenvalue weighted by Gasteiger charge is 2.46. The maximum Gasteiger partial charge on any atom is 0.230 e. The molecule has 2 aliphatic rings. The molecule has 0 spiro atoms. The Morgan fingerprint density at radius 2 is 1.68 bits per heavy atom. The average Bonchev–Trinajstić information content (AvgIpc) is 2.69. The van der Waals surface area contributed by atoms with Crippen LogP contribution in [0.2, 0.25) is 5.02 Å². The number of hydrogen-bond donors (Lipinski definition) is 4. The molecule has 0 saturated carbocycles. The lowest BCUT2D eigenvalue weighted by Gasteiger charge is -2.43. The van der Waals surface area contributed by atoms with Gasteiger partial charge in [0.2, 0.25) is 5.91 Å². The molecule has 6 heteroatoms. The fourth-order valence-electron chi connectivity index (χ4n) is 4.38. The van der Waals surface area contributed by atoms with Crippen LogP contribution in [0.1, 0.15) is 28.7 Å². The molecule has 4 N–H and O–H groups in total. The van der Waals surface area contributed by atoms with Gasteiger partial charge >= 0.3 is 0 Å². The lowest BCUT2D eigenvalue weighted by molar-refractivity contribution is -0.121. The van der Waals surface area contributed by atoms with Gasteiger partial charge in [-0.15, -0.1) is 0 Å². The van der Waals surface area contributed by atoms with Crippen LogP contribution in [0, 0.1) is 5.92 Å². The third kappa shape index (κ3) is 2.43. The number of aromatic hydroxyl groups is 2. The second-order valence-electron chi connectivity index (χ2n) is 7.15. The molecule has 0 fully saturated rings. The van der Waals surface area contributed by atoms with Gasteiger partial charge in [0.1, 0.15) is 11.5 Å². The molecule has 5 nitrogen and oxygen atoms in total. The molecule has 2 aliphatic heterocycles. The first-order valence-electron chi connectivity index (χ1n) is 9.01. The highest BCUT2D eigenvalue weighted by molar-refractivity contribution is 6.32. The molecule has 3 aromatic rings. The van der Waals surface area contributed by atoms with Crippen molar-refractivity contribution in [1.29, 1.82) is 0 Å². The minimum Gasteiger partial charge on any atom is -0.506 e. The lowest BCUT2D eigenvalue weighted by atomic mass is 9.70. The Balaban J connectivity index is 1.76. The van der Waals surface area contributed by atoms with Crippen LogP contribution in [-0.4, -0.2) is 16.1 Å². The summed E-state index contributed by atoms with van der Waals surface area (Å²) in [6.45, 7) is 0. The number of para-hydroxylation sites is 2. The molecule has 3 aromatic carbocycles. The Bertz CT molecular complexity index is 1110. The Labute approximate surface area is 166 Å². The van der Waals surface area contributed by atoms with E-state index in [4.69, 9.17) is 11.6 Å². The van der Waals surface area contributed by atoms with Gasteiger partial charge in [-0.2, -0.15) is 0 Å². The molecule has 0 aromatic heterocycles. The lowest BCUT2D eigenvalue weighted by Crippen LogP contribution is -2.43. The summed E-state index contributed by atoms with van der Waals surface area (Å²) in [5.41, 5.74) is 3.97. The monoisotopic (exact) mass is 392 g/mol. The molecule has 28 heavy (non-hydrogen) atoms. The predicted molar refractivity (Wildman–Crippen MR) is 108 cm³/mol. The Morgan fingerprint density at radius 3 is 2.50 bits per heavy atom. The van der Waals surface area contributed by atoms with Crippen LogP contribution in [0.5, 0.6) is 11.5 Å². The van der Waals surface area contributed by atoms with Crippen molar-refractivity contribution in [2.45, 2.75) is 12.0 Å². The van der Waals surface area contributed by atoms with Gasteiger partial charge < -0.3 is 20.8 Å². The number of carbonyl (C=O) groups is 1. The van der Waals surface area contributed by atoms with Gasteiger partial charge in [-0.25, -0.2) is 0 Å². The van der Waals surface area contributed by atoms with E-state index < -0.39 is 5.92 Å². The number of benzene rings is 3. The number of fused-ring (bicyclic) bond motifs is 4. The number of anilines is 2. The van der Waals surface area contributed by atoms with Crippen molar-refractivity contribution in [2.24, 2.45) is 5.92 Å². The molecule has 0 aliphatic carbocycles. The molecule has 0 radical (unpaired) electrons. The van der Waals surface area contributed by atoms with Crippen molar-refractivity contribution in [3.05, 3.63) is 82.4 Å². The third-order valence-electron chi connectivity index (χ3n) is 5.62. The summed E-state index contributed by atoms with van der Waals surface area (Å²) in [5.74, 6) is -0.747. The molecule has 0 unspecified atom stereocenters. The molecule has 2 heterocycles. The molecular weight excluding hydrogens is 376 g/mol. The minimum atomic E-state index is -0.440. The maximum atomic E-state index is 13.1. The zero-order valence-corrected chi connectivity index (χ0v) is 15.4. The van der Waals surface area contributed by atoms with E-state index in [9.17, 15) is 15.0 Å². The molecule has 0 bridgehead atoms. The largest absolute Gasteiger partial charge is 0.506 e. The third-order valence-corrected chi connectivity index (χ3v) is 5.92. The van der Waals surface area contributed by atoms with Crippen LogP contribution in [-0.2, 0) is 4.79 Å². The van der Waals surface area contributed by atoms with Crippen LogP contribution in [0.4, 0.5) is 11.4 Å². The van der Waals surface area contributed by atoms with Gasteiger partial charge in [-0.3, -0.25) is 4.79 Å². The van der Waals surface area contributed by atoms with Crippen LogP contribution < -0.4 is 10.6 Å². The van der Waals surface area contributed by atoms with Gasteiger partial charge in [0.05, 0.1) is 22.7 Å². The molecular formula is C22H17ClN2O3. The summed E-state index contributed by atoms with van der Waals surface area (Å²) in [5, 5.41) is 26.9. The quantitative estimate of drug-likeness (QED) is 0.455. The summed E-state index contributed by atoms with van der Waals surface area (Å²) in [6, 6.07) is 17.6. The first-order valence-corrected chi connectivity index (χ1v) is 9.39. The van der Waals surface area contributed by atoms with E-state index in [-0.39, 0.29) is 34.4 Å². The van der Waals surface area contributed by atoms with Crippen LogP contribution in [0.15, 0.2) is 60.7 Å². The topological polar surface area (TPSA) is 81.6 Å². The highest BCUT2D eigenvalue weighted by atomic mass is 35.5. The van der Waals surface area contributed by atoms with Gasteiger partial charge in [-0.1, -0.05) is 48.0 Å². The van der Waals surface area contributed by atoms with Gasteiger partial charge in [0.25, 0.3) is 0 Å². The maximum absolute atomic E-state index is 13.1. The van der Waals surface area contributed by atoms with E-state index in [1.807, 2.05) is 30.3 Å². The highest BCUT2D eigenvalue weighted by Crippen LogP contribution is 2.53. The number of phenols is 2. The summed E-state index contributed by atoms with van der Waals surface area (Å²) in [6.07, 6.45) is 0. The van der Waals surface area contributed by atoms with Crippen molar-refractivity contribution in [1.82, 2.24) is 0 Å². The summed E-state index contributed by atoms with van der Waals surface area (Å²) in [4.78, 5) is 13.1. The Kier molecular flexibility index (Phi) is 3.74. The normalized spacial score (nSPS) is 22.3. The van der Waals surface area contributed by atoms with Crippen molar-refractivity contribution >= 4 is 28.9 Å². The Hall–Kier alpha value is -3.18. The van der Waals surface area contributed by atoms with Crippen LogP contribution >= 0.6 is 11.6 Å². The fourth-order valence-corrected chi connectivity index (χ4v) is 4.57. The zero-order valence-electron chi connectivity index (χ0n) is 14.7. The van der Waals surface area contributed by atoms with Gasteiger partial charge in [-0.05, 0) is 41.0 Å². The second-order valence-corrected chi connectivity index (χ2v) is 7.56. The number of carbonyl (C=O) groups excluding carboxylic acids is 1. The molecule has 5 rings (SSSR count). The van der Waals surface area contributed by atoms with E-state index in [2.05, 4.69) is 10.6 Å². The second kappa shape index (κ2) is 6.17. The van der Waals surface area contributed by atoms with Crippen molar-refractivity contribution in [3.63, 3.8) is 0 Å². The summed E-state index contributed by atoms with van der Waals surface area (Å²) in [7, 11) is 0. The smallest absolute Gasteiger partial charge is 0.230 e. The average molecular weight is 393 g/mol. The first kappa shape index (κ1) is 17.0. The minimum absolute atomic E-state index is 0.00882. The van der Waals surface area contributed by atoms with E-state index in [1.54, 1.807) is 24.3 Å². The SMILES string of the molecule is O=C1Nc2ccccc2[C@@H]2Nc3c(O)cccc3[C@H](c3ccc(O)c(Cl)c3)[C@@H]12. The van der Waals surface area contributed by atoms with Crippen molar-refractivity contribution in [2.75, 3.05) is 10.6 Å². The van der Waals surface area contributed by atoms with Gasteiger partial charge in [0.15, 0.2) is 0 Å². The predicted octanol–water partition coefficient (Wildman–Crippen LogP) is 4.62. The number of hydrogen-bond acceptors (Lipinski definition) is 4. The van der Waals surface area contributed by atoms with E-state index in [0.717, 1.165) is 22.4 Å².